The van der Waals surface area contributed by atoms with E-state index in [-0.39, 0.29) is 0 Å². The van der Waals surface area contributed by atoms with E-state index in [9.17, 15) is 0 Å². The van der Waals surface area contributed by atoms with Crippen LogP contribution in [0.1, 0.15) is 5.56 Å². The fourth-order valence-electron chi connectivity index (χ4n) is 2.21. The van der Waals surface area contributed by atoms with Crippen molar-refractivity contribution >= 4 is 29.0 Å². The summed E-state index contributed by atoms with van der Waals surface area (Å²) in [6.07, 6.45) is 0. The summed E-state index contributed by atoms with van der Waals surface area (Å²) in [5.74, 6) is 0.548. The molecule has 3 nitrogen and oxygen atoms in total. The van der Waals surface area contributed by atoms with Gasteiger partial charge in [0.25, 0.3) is 0 Å². The first-order valence-corrected chi connectivity index (χ1v) is 7.19. The van der Waals surface area contributed by atoms with Crippen LogP contribution in [0.25, 0.3) is 16.9 Å². The number of nitrogens with zero attached hydrogens (tertiary/aromatic N) is 2. The highest BCUT2D eigenvalue weighted by atomic mass is 35.5. The maximum Gasteiger partial charge on any atom is 0.127 e. The molecular formula is C16H13Cl2N3. The van der Waals surface area contributed by atoms with Crippen LogP contribution in [0.15, 0.2) is 48.5 Å². The van der Waals surface area contributed by atoms with Crippen LogP contribution >= 0.6 is 23.2 Å². The molecular weight excluding hydrogens is 305 g/mol. The number of aryl methyl sites for hydroxylation is 1. The Morgan fingerprint density at radius 2 is 1.76 bits per heavy atom. The van der Waals surface area contributed by atoms with Gasteiger partial charge in [-0.05, 0) is 30.7 Å². The Morgan fingerprint density at radius 1 is 1.00 bits per heavy atom. The van der Waals surface area contributed by atoms with Crippen molar-refractivity contribution in [2.24, 2.45) is 0 Å². The van der Waals surface area contributed by atoms with Gasteiger partial charge in [0.1, 0.15) is 5.82 Å². The van der Waals surface area contributed by atoms with Gasteiger partial charge in [-0.2, -0.15) is 5.10 Å². The van der Waals surface area contributed by atoms with Crippen molar-refractivity contribution in [3.05, 3.63) is 64.1 Å². The summed E-state index contributed by atoms with van der Waals surface area (Å²) in [6.45, 7) is 2.05. The van der Waals surface area contributed by atoms with Gasteiger partial charge in [-0.3, -0.25) is 0 Å². The fourth-order valence-corrected chi connectivity index (χ4v) is 2.50. The highest BCUT2D eigenvalue weighted by Crippen LogP contribution is 2.28. The van der Waals surface area contributed by atoms with Crippen LogP contribution in [-0.2, 0) is 0 Å². The van der Waals surface area contributed by atoms with Crippen LogP contribution in [0.4, 0.5) is 5.82 Å². The van der Waals surface area contributed by atoms with Gasteiger partial charge in [-0.1, -0.05) is 47.5 Å². The average Bonchev–Trinajstić information content (AvgIpc) is 2.84. The van der Waals surface area contributed by atoms with Gasteiger partial charge < -0.3 is 5.73 Å². The van der Waals surface area contributed by atoms with Gasteiger partial charge in [-0.15, -0.1) is 0 Å². The van der Waals surface area contributed by atoms with Crippen molar-refractivity contribution in [2.45, 2.75) is 6.92 Å². The van der Waals surface area contributed by atoms with Crippen LogP contribution in [0.3, 0.4) is 0 Å². The molecule has 21 heavy (non-hydrogen) atoms. The van der Waals surface area contributed by atoms with Gasteiger partial charge in [0.05, 0.1) is 21.4 Å². The maximum absolute atomic E-state index is 6.07. The summed E-state index contributed by atoms with van der Waals surface area (Å²) in [5, 5.41) is 5.55. The van der Waals surface area contributed by atoms with Crippen molar-refractivity contribution in [1.82, 2.24) is 9.78 Å². The zero-order chi connectivity index (χ0) is 15.0. The molecule has 0 aliphatic carbocycles. The molecule has 106 valence electrons. The summed E-state index contributed by atoms with van der Waals surface area (Å²) in [5.41, 5.74) is 9.89. The first-order chi connectivity index (χ1) is 10.1. The Morgan fingerprint density at radius 3 is 2.48 bits per heavy atom. The number of nitrogens with two attached hydrogens (primary N) is 1. The van der Waals surface area contributed by atoms with E-state index in [4.69, 9.17) is 28.9 Å². The van der Waals surface area contributed by atoms with E-state index in [0.29, 0.717) is 15.9 Å². The number of benzene rings is 2. The summed E-state index contributed by atoms with van der Waals surface area (Å²) < 4.78 is 1.66. The normalized spacial score (nSPS) is 10.8. The Bertz CT molecular complexity index is 809. The van der Waals surface area contributed by atoms with E-state index >= 15 is 0 Å². The lowest BCUT2D eigenvalue weighted by Gasteiger charge is -2.05. The zero-order valence-electron chi connectivity index (χ0n) is 11.3. The lowest BCUT2D eigenvalue weighted by molar-refractivity contribution is 0.895. The van der Waals surface area contributed by atoms with Crippen LogP contribution in [0, 0.1) is 6.92 Å². The number of nitrogen functional groups attached to an aromatic ring is 1. The van der Waals surface area contributed by atoms with E-state index in [1.165, 1.54) is 0 Å². The first-order valence-electron chi connectivity index (χ1n) is 6.43. The Balaban J connectivity index is 2.10. The number of hydrogen-bond acceptors (Lipinski definition) is 2. The van der Waals surface area contributed by atoms with Crippen molar-refractivity contribution in [1.29, 1.82) is 0 Å². The smallest absolute Gasteiger partial charge is 0.127 e. The van der Waals surface area contributed by atoms with E-state index < -0.39 is 0 Å². The molecule has 0 saturated carbocycles. The number of hydrogen-bond donors (Lipinski definition) is 1. The summed E-state index contributed by atoms with van der Waals surface area (Å²) in [7, 11) is 0. The largest absolute Gasteiger partial charge is 0.384 e. The van der Waals surface area contributed by atoms with Gasteiger partial charge in [0, 0.05) is 11.6 Å². The van der Waals surface area contributed by atoms with Crippen molar-refractivity contribution in [3.8, 4) is 16.9 Å². The fraction of sp³-hybridized carbons (Fsp3) is 0.0625. The third kappa shape index (κ3) is 2.62. The molecule has 2 N–H and O–H groups in total. The van der Waals surface area contributed by atoms with E-state index in [0.717, 1.165) is 22.5 Å². The minimum atomic E-state index is 0.474. The molecule has 3 aromatic rings. The monoisotopic (exact) mass is 317 g/mol. The standard InChI is InChI=1S/C16H13Cl2N3/c1-10-4-2-3-5-12(10)15-9-16(19)21(20-15)11-6-7-13(17)14(18)8-11/h2-9H,19H2,1H3. The third-order valence-electron chi connectivity index (χ3n) is 3.31. The predicted molar refractivity (Wildman–Crippen MR) is 88.2 cm³/mol. The lowest BCUT2D eigenvalue weighted by Crippen LogP contribution is -2.01. The molecule has 0 radical (unpaired) electrons. The third-order valence-corrected chi connectivity index (χ3v) is 4.04. The quantitative estimate of drug-likeness (QED) is 0.742. The molecule has 0 saturated heterocycles. The Labute approximate surface area is 132 Å². The van der Waals surface area contributed by atoms with Gasteiger partial charge in [0.2, 0.25) is 0 Å². The van der Waals surface area contributed by atoms with E-state index in [1.807, 2.05) is 43.3 Å². The minimum absolute atomic E-state index is 0.474. The Hall–Kier alpha value is -1.97. The second-order valence-corrected chi connectivity index (χ2v) is 5.59. The number of anilines is 1. The molecule has 1 aromatic heterocycles. The molecule has 0 aliphatic rings. The zero-order valence-corrected chi connectivity index (χ0v) is 12.9. The van der Waals surface area contributed by atoms with Crippen molar-refractivity contribution in [3.63, 3.8) is 0 Å². The average molecular weight is 318 g/mol. The van der Waals surface area contributed by atoms with Crippen LogP contribution in [0.2, 0.25) is 10.0 Å². The van der Waals surface area contributed by atoms with Crippen LogP contribution < -0.4 is 5.73 Å². The summed E-state index contributed by atoms with van der Waals surface area (Å²) in [6, 6.07) is 15.2. The maximum atomic E-state index is 6.07. The van der Waals surface area contributed by atoms with Gasteiger partial charge in [0.15, 0.2) is 0 Å². The van der Waals surface area contributed by atoms with Crippen molar-refractivity contribution < 1.29 is 0 Å². The molecule has 0 amide bonds. The van der Waals surface area contributed by atoms with E-state index in [2.05, 4.69) is 5.10 Å². The highest BCUT2D eigenvalue weighted by Gasteiger charge is 2.11. The predicted octanol–water partition coefficient (Wildman–Crippen LogP) is 4.74. The molecule has 0 unspecified atom stereocenters. The molecule has 5 heteroatoms. The number of halogens is 2. The molecule has 0 bridgehead atoms. The number of aromatic nitrogens is 2. The topological polar surface area (TPSA) is 43.8 Å². The van der Waals surface area contributed by atoms with Crippen molar-refractivity contribution in [2.75, 3.05) is 5.73 Å². The van der Waals surface area contributed by atoms with Crippen LogP contribution in [-0.4, -0.2) is 9.78 Å². The van der Waals surface area contributed by atoms with Crippen LogP contribution in [0.5, 0.6) is 0 Å². The molecule has 3 rings (SSSR count). The van der Waals surface area contributed by atoms with Gasteiger partial charge >= 0.3 is 0 Å². The molecule has 0 spiro atoms. The molecule has 2 aromatic carbocycles. The summed E-state index contributed by atoms with van der Waals surface area (Å²) >= 11 is 12.0. The second kappa shape index (κ2) is 5.43. The SMILES string of the molecule is Cc1ccccc1-c1cc(N)n(-c2ccc(Cl)c(Cl)c2)n1. The second-order valence-electron chi connectivity index (χ2n) is 4.78. The Kier molecular flexibility index (Phi) is 3.62. The molecule has 0 aliphatic heterocycles. The van der Waals surface area contributed by atoms with Gasteiger partial charge in [-0.25, -0.2) is 4.68 Å². The lowest BCUT2D eigenvalue weighted by atomic mass is 10.1. The highest BCUT2D eigenvalue weighted by molar-refractivity contribution is 6.42. The summed E-state index contributed by atoms with van der Waals surface area (Å²) in [4.78, 5) is 0. The number of rotatable bonds is 2. The molecule has 0 fully saturated rings. The molecule has 0 atom stereocenters. The minimum Gasteiger partial charge on any atom is -0.384 e. The molecule has 1 heterocycles. The van der Waals surface area contributed by atoms with E-state index in [1.54, 1.807) is 16.8 Å². The first kappa shape index (κ1) is 14.0.